The standard InChI is InChI=1S/C29H28ClN4O3/c1-18-7-10-25(33-16-18)29(36)34-24-6-4-5-22(19(24)2)23-11-12-32-28(27(23)30)20-8-9-21(17-31-13-14-35)26(15-20)37-3/h4-12,15-16,31,35H,1,13-14,17H2,2-3H3,(H,34,36). The molecule has 4 rings (SSSR count). The number of hydrogen-bond donors (Lipinski definition) is 3. The molecule has 7 nitrogen and oxygen atoms in total. The molecular weight excluding hydrogens is 488 g/mol. The maximum Gasteiger partial charge on any atom is 0.274 e. The van der Waals surface area contributed by atoms with Gasteiger partial charge in [0, 0.05) is 47.9 Å². The zero-order valence-electron chi connectivity index (χ0n) is 20.7. The third kappa shape index (κ3) is 5.97. The van der Waals surface area contributed by atoms with Crippen molar-refractivity contribution in [3.8, 4) is 28.1 Å². The predicted molar refractivity (Wildman–Crippen MR) is 147 cm³/mol. The number of hydrogen-bond acceptors (Lipinski definition) is 6. The molecule has 0 saturated carbocycles. The molecule has 2 heterocycles. The van der Waals surface area contributed by atoms with E-state index in [1.165, 1.54) is 0 Å². The van der Waals surface area contributed by atoms with Crippen LogP contribution < -0.4 is 15.4 Å². The first-order valence-corrected chi connectivity index (χ1v) is 12.1. The second-order valence-corrected chi connectivity index (χ2v) is 8.81. The van der Waals surface area contributed by atoms with Crippen molar-refractivity contribution in [2.24, 2.45) is 0 Å². The summed E-state index contributed by atoms with van der Waals surface area (Å²) >= 11 is 6.91. The minimum atomic E-state index is -0.303. The highest BCUT2D eigenvalue weighted by atomic mass is 35.5. The summed E-state index contributed by atoms with van der Waals surface area (Å²) in [5.41, 5.74) is 6.66. The summed E-state index contributed by atoms with van der Waals surface area (Å²) in [5, 5.41) is 15.6. The molecule has 0 spiro atoms. The highest BCUT2D eigenvalue weighted by Gasteiger charge is 2.17. The van der Waals surface area contributed by atoms with Gasteiger partial charge < -0.3 is 20.5 Å². The van der Waals surface area contributed by atoms with Gasteiger partial charge in [-0.05, 0) is 54.8 Å². The number of halogens is 1. The first-order valence-electron chi connectivity index (χ1n) is 11.8. The van der Waals surface area contributed by atoms with E-state index in [1.54, 1.807) is 31.6 Å². The number of aliphatic hydroxyl groups excluding tert-OH is 1. The Hall–Kier alpha value is -3.78. The van der Waals surface area contributed by atoms with E-state index in [4.69, 9.17) is 21.4 Å². The molecule has 37 heavy (non-hydrogen) atoms. The smallest absolute Gasteiger partial charge is 0.274 e. The van der Waals surface area contributed by atoms with Crippen LogP contribution in [0.3, 0.4) is 0 Å². The summed E-state index contributed by atoms with van der Waals surface area (Å²) in [6, 6.07) is 16.7. The molecule has 189 valence electrons. The van der Waals surface area contributed by atoms with Crippen LogP contribution >= 0.6 is 11.6 Å². The number of ether oxygens (including phenoxy) is 1. The van der Waals surface area contributed by atoms with Crippen molar-refractivity contribution in [1.82, 2.24) is 15.3 Å². The van der Waals surface area contributed by atoms with Crippen LogP contribution in [0.15, 0.2) is 67.0 Å². The summed E-state index contributed by atoms with van der Waals surface area (Å²) < 4.78 is 5.59. The first kappa shape index (κ1) is 26.3. The lowest BCUT2D eigenvalue weighted by Crippen LogP contribution is -2.17. The monoisotopic (exact) mass is 515 g/mol. The number of carbonyl (C=O) groups excluding carboxylic acids is 1. The molecule has 0 aliphatic rings. The number of nitrogens with one attached hydrogen (secondary N) is 2. The molecular formula is C29H28ClN4O3. The average Bonchev–Trinajstić information content (AvgIpc) is 2.91. The van der Waals surface area contributed by atoms with Crippen molar-refractivity contribution < 1.29 is 14.6 Å². The SMILES string of the molecule is [CH2]c1ccc(C(=O)Nc2cccc(-c3ccnc(-c4ccc(CNCCO)c(OC)c4)c3Cl)c2C)nc1. The van der Waals surface area contributed by atoms with Crippen LogP contribution in [0.4, 0.5) is 5.69 Å². The van der Waals surface area contributed by atoms with E-state index in [1.807, 2.05) is 49.4 Å². The predicted octanol–water partition coefficient (Wildman–Crippen LogP) is 5.30. The summed E-state index contributed by atoms with van der Waals surface area (Å²) in [6.45, 7) is 6.87. The molecule has 0 saturated heterocycles. The van der Waals surface area contributed by atoms with Crippen LogP contribution in [0.2, 0.25) is 5.02 Å². The fraction of sp³-hybridized carbons (Fsp3) is 0.172. The number of nitrogens with zero attached hydrogens (tertiary/aromatic N) is 2. The normalized spacial score (nSPS) is 10.8. The Morgan fingerprint density at radius 3 is 2.68 bits per heavy atom. The van der Waals surface area contributed by atoms with Crippen LogP contribution in [0.1, 0.15) is 27.2 Å². The molecule has 2 aromatic heterocycles. The number of rotatable bonds is 9. The lowest BCUT2D eigenvalue weighted by Gasteiger charge is -2.16. The fourth-order valence-corrected chi connectivity index (χ4v) is 4.32. The maximum atomic E-state index is 12.7. The van der Waals surface area contributed by atoms with Crippen LogP contribution in [0.25, 0.3) is 22.4 Å². The summed E-state index contributed by atoms with van der Waals surface area (Å²) in [5.74, 6) is 0.398. The van der Waals surface area contributed by atoms with Crippen molar-refractivity contribution in [1.29, 1.82) is 0 Å². The van der Waals surface area contributed by atoms with E-state index in [0.717, 1.165) is 33.4 Å². The van der Waals surface area contributed by atoms with E-state index in [-0.39, 0.29) is 12.5 Å². The Morgan fingerprint density at radius 1 is 1.11 bits per heavy atom. The lowest BCUT2D eigenvalue weighted by molar-refractivity contribution is 0.102. The zero-order chi connectivity index (χ0) is 26.4. The molecule has 1 amide bonds. The Labute approximate surface area is 221 Å². The van der Waals surface area contributed by atoms with Gasteiger partial charge >= 0.3 is 0 Å². The molecule has 1 radical (unpaired) electrons. The van der Waals surface area contributed by atoms with Gasteiger partial charge in [-0.25, -0.2) is 0 Å². The van der Waals surface area contributed by atoms with Gasteiger partial charge in [0.15, 0.2) is 0 Å². The second-order valence-electron chi connectivity index (χ2n) is 8.43. The average molecular weight is 516 g/mol. The third-order valence-corrected chi connectivity index (χ3v) is 6.37. The molecule has 0 atom stereocenters. The number of pyridine rings is 2. The minimum Gasteiger partial charge on any atom is -0.496 e. The molecule has 3 N–H and O–H groups in total. The molecule has 2 aromatic carbocycles. The summed E-state index contributed by atoms with van der Waals surface area (Å²) in [4.78, 5) is 21.4. The van der Waals surface area contributed by atoms with E-state index in [2.05, 4.69) is 27.5 Å². The van der Waals surface area contributed by atoms with Gasteiger partial charge in [-0.15, -0.1) is 0 Å². The van der Waals surface area contributed by atoms with E-state index >= 15 is 0 Å². The molecule has 0 bridgehead atoms. The third-order valence-electron chi connectivity index (χ3n) is 5.98. The summed E-state index contributed by atoms with van der Waals surface area (Å²) in [7, 11) is 1.62. The van der Waals surface area contributed by atoms with E-state index in [9.17, 15) is 4.79 Å². The Bertz CT molecular complexity index is 1410. The number of benzene rings is 2. The van der Waals surface area contributed by atoms with Crippen molar-refractivity contribution in [2.75, 3.05) is 25.6 Å². The largest absolute Gasteiger partial charge is 0.496 e. The van der Waals surface area contributed by atoms with Crippen molar-refractivity contribution >= 4 is 23.2 Å². The van der Waals surface area contributed by atoms with Crippen LogP contribution in [-0.2, 0) is 6.54 Å². The Morgan fingerprint density at radius 2 is 1.95 bits per heavy atom. The molecule has 0 fully saturated rings. The van der Waals surface area contributed by atoms with Gasteiger partial charge in [0.25, 0.3) is 5.91 Å². The number of carbonyl (C=O) groups is 1. The molecule has 0 aliphatic carbocycles. The number of amides is 1. The highest BCUT2D eigenvalue weighted by Crippen LogP contribution is 2.39. The van der Waals surface area contributed by atoms with Crippen LogP contribution in [0.5, 0.6) is 5.75 Å². The van der Waals surface area contributed by atoms with Gasteiger partial charge in [-0.1, -0.05) is 41.9 Å². The minimum absolute atomic E-state index is 0.0670. The highest BCUT2D eigenvalue weighted by molar-refractivity contribution is 6.35. The molecule has 0 unspecified atom stereocenters. The zero-order valence-corrected chi connectivity index (χ0v) is 21.5. The van der Waals surface area contributed by atoms with Gasteiger partial charge in [0.2, 0.25) is 0 Å². The van der Waals surface area contributed by atoms with Crippen LogP contribution in [0, 0.1) is 13.8 Å². The fourth-order valence-electron chi connectivity index (χ4n) is 4.00. The molecule has 0 aliphatic heterocycles. The quantitative estimate of drug-likeness (QED) is 0.262. The second kappa shape index (κ2) is 12.0. The topological polar surface area (TPSA) is 96.4 Å². The molecule has 4 aromatic rings. The van der Waals surface area contributed by atoms with Gasteiger partial charge in [0.05, 0.1) is 24.4 Å². The van der Waals surface area contributed by atoms with E-state index in [0.29, 0.717) is 40.9 Å². The maximum absolute atomic E-state index is 12.7. The van der Waals surface area contributed by atoms with Gasteiger partial charge in [-0.3, -0.25) is 14.8 Å². The lowest BCUT2D eigenvalue weighted by atomic mass is 9.97. The Kier molecular flexibility index (Phi) is 8.50. The van der Waals surface area contributed by atoms with Gasteiger partial charge in [0.1, 0.15) is 11.4 Å². The van der Waals surface area contributed by atoms with Crippen molar-refractivity contribution in [3.63, 3.8) is 0 Å². The van der Waals surface area contributed by atoms with Gasteiger partial charge in [-0.2, -0.15) is 0 Å². The number of aliphatic hydroxyl groups is 1. The number of aromatic nitrogens is 2. The number of anilines is 1. The van der Waals surface area contributed by atoms with E-state index < -0.39 is 0 Å². The van der Waals surface area contributed by atoms with Crippen molar-refractivity contribution in [2.45, 2.75) is 13.5 Å². The van der Waals surface area contributed by atoms with Crippen LogP contribution in [-0.4, -0.2) is 41.2 Å². The Balaban J connectivity index is 1.65. The van der Waals surface area contributed by atoms with Crippen molar-refractivity contribution in [3.05, 3.63) is 101 Å². The number of methoxy groups -OCH3 is 1. The first-order chi connectivity index (χ1) is 17.9. The summed E-state index contributed by atoms with van der Waals surface area (Å²) in [6.07, 6.45) is 3.28. The molecule has 8 heteroatoms.